The molecule has 0 radical (unpaired) electrons. The molecule has 5 heteroatoms. The van der Waals surface area contributed by atoms with Gasteiger partial charge in [-0.05, 0) is 42.0 Å². The van der Waals surface area contributed by atoms with Gasteiger partial charge in [0, 0.05) is 27.3 Å². The minimum absolute atomic E-state index is 0.441. The van der Waals surface area contributed by atoms with Crippen LogP contribution >= 0.6 is 27.5 Å². The molecule has 0 heterocycles. The third-order valence-electron chi connectivity index (χ3n) is 2.64. The smallest absolute Gasteiger partial charge is 0.248 e. The second kappa shape index (κ2) is 6.08. The monoisotopic (exact) mass is 338 g/mol. The zero-order valence-corrected chi connectivity index (χ0v) is 12.3. The number of carbonyl (C=O) groups excluding carboxylic acids is 1. The van der Waals surface area contributed by atoms with Gasteiger partial charge in [-0.15, -0.1) is 0 Å². The quantitative estimate of drug-likeness (QED) is 0.890. The van der Waals surface area contributed by atoms with E-state index in [1.54, 1.807) is 18.2 Å². The minimum Gasteiger partial charge on any atom is -0.381 e. The summed E-state index contributed by atoms with van der Waals surface area (Å²) in [5.74, 6) is -0.441. The zero-order chi connectivity index (χ0) is 13.8. The van der Waals surface area contributed by atoms with E-state index in [2.05, 4.69) is 21.2 Å². The average Bonchev–Trinajstić information content (AvgIpc) is 2.40. The minimum atomic E-state index is -0.441. The first-order valence-electron chi connectivity index (χ1n) is 5.64. The van der Waals surface area contributed by atoms with E-state index >= 15 is 0 Å². The van der Waals surface area contributed by atoms with Gasteiger partial charge in [0.15, 0.2) is 0 Å². The van der Waals surface area contributed by atoms with Crippen molar-refractivity contribution < 1.29 is 4.79 Å². The van der Waals surface area contributed by atoms with Crippen LogP contribution in [0.3, 0.4) is 0 Å². The number of amides is 1. The summed E-state index contributed by atoms with van der Waals surface area (Å²) in [7, 11) is 0. The van der Waals surface area contributed by atoms with Crippen LogP contribution in [0, 0.1) is 0 Å². The molecule has 0 spiro atoms. The van der Waals surface area contributed by atoms with Gasteiger partial charge in [0.1, 0.15) is 0 Å². The van der Waals surface area contributed by atoms with E-state index in [0.717, 1.165) is 15.7 Å². The fourth-order valence-electron chi connectivity index (χ4n) is 1.66. The number of benzene rings is 2. The first-order chi connectivity index (χ1) is 9.06. The lowest BCUT2D eigenvalue weighted by Crippen LogP contribution is -2.11. The number of anilines is 1. The Kier molecular flexibility index (Phi) is 4.45. The fraction of sp³-hybridized carbons (Fsp3) is 0.0714. The second-order valence-electron chi connectivity index (χ2n) is 4.03. The normalized spacial score (nSPS) is 10.2. The number of hydrogen-bond acceptors (Lipinski definition) is 2. The Hall–Kier alpha value is -1.52. The number of halogens is 2. The van der Waals surface area contributed by atoms with E-state index < -0.39 is 5.91 Å². The van der Waals surface area contributed by atoms with E-state index in [-0.39, 0.29) is 0 Å². The topological polar surface area (TPSA) is 55.1 Å². The van der Waals surface area contributed by atoms with Crippen molar-refractivity contribution in [1.29, 1.82) is 0 Å². The van der Waals surface area contributed by atoms with E-state index in [4.69, 9.17) is 17.3 Å². The Labute approximate surface area is 124 Å². The van der Waals surface area contributed by atoms with Crippen molar-refractivity contribution in [2.75, 3.05) is 5.32 Å². The van der Waals surface area contributed by atoms with Crippen molar-refractivity contribution in [3.05, 3.63) is 63.1 Å². The molecule has 0 saturated heterocycles. The van der Waals surface area contributed by atoms with Gasteiger partial charge in [0.2, 0.25) is 5.91 Å². The zero-order valence-electron chi connectivity index (χ0n) is 9.99. The van der Waals surface area contributed by atoms with Crippen LogP contribution in [0.1, 0.15) is 15.9 Å². The molecular weight excluding hydrogens is 328 g/mol. The molecule has 0 unspecified atom stereocenters. The highest BCUT2D eigenvalue weighted by molar-refractivity contribution is 9.10. The van der Waals surface area contributed by atoms with E-state index in [9.17, 15) is 4.79 Å². The maximum atomic E-state index is 11.1. The van der Waals surface area contributed by atoms with Gasteiger partial charge in [0.25, 0.3) is 0 Å². The summed E-state index contributed by atoms with van der Waals surface area (Å²) < 4.78 is 0.972. The van der Waals surface area contributed by atoms with Crippen molar-refractivity contribution in [3.63, 3.8) is 0 Å². The van der Waals surface area contributed by atoms with Crippen molar-refractivity contribution in [2.24, 2.45) is 5.73 Å². The Morgan fingerprint density at radius 2 is 2.05 bits per heavy atom. The van der Waals surface area contributed by atoms with Crippen LogP contribution in [0.25, 0.3) is 0 Å². The van der Waals surface area contributed by atoms with Crippen molar-refractivity contribution >= 4 is 39.1 Å². The van der Waals surface area contributed by atoms with Crippen molar-refractivity contribution in [1.82, 2.24) is 0 Å². The van der Waals surface area contributed by atoms with Crippen LogP contribution in [-0.4, -0.2) is 5.91 Å². The number of hydrogen-bond donors (Lipinski definition) is 2. The molecule has 98 valence electrons. The van der Waals surface area contributed by atoms with Gasteiger partial charge in [0.05, 0.1) is 0 Å². The van der Waals surface area contributed by atoms with Gasteiger partial charge in [-0.2, -0.15) is 0 Å². The predicted octanol–water partition coefficient (Wildman–Crippen LogP) is 3.81. The molecule has 2 rings (SSSR count). The lowest BCUT2D eigenvalue weighted by Gasteiger charge is -2.09. The molecule has 0 atom stereocenters. The van der Waals surface area contributed by atoms with Crippen LogP contribution in [-0.2, 0) is 6.54 Å². The molecule has 0 bridgehead atoms. The maximum absolute atomic E-state index is 11.1. The van der Waals surface area contributed by atoms with Crippen molar-refractivity contribution in [3.8, 4) is 0 Å². The predicted molar refractivity (Wildman–Crippen MR) is 81.4 cm³/mol. The lowest BCUT2D eigenvalue weighted by molar-refractivity contribution is 0.100. The molecule has 0 aliphatic heterocycles. The third kappa shape index (κ3) is 3.72. The molecule has 19 heavy (non-hydrogen) atoms. The van der Waals surface area contributed by atoms with Gasteiger partial charge in [-0.1, -0.05) is 33.6 Å². The van der Waals surface area contributed by atoms with E-state index in [1.165, 1.54) is 0 Å². The number of nitrogens with two attached hydrogens (primary N) is 1. The number of rotatable bonds is 4. The second-order valence-corrected chi connectivity index (χ2v) is 5.36. The maximum Gasteiger partial charge on any atom is 0.248 e. The Balaban J connectivity index is 2.12. The summed E-state index contributed by atoms with van der Waals surface area (Å²) in [6, 6.07) is 12.7. The van der Waals surface area contributed by atoms with Crippen LogP contribution in [0.5, 0.6) is 0 Å². The van der Waals surface area contributed by atoms with Gasteiger partial charge in [-0.3, -0.25) is 4.79 Å². The Bertz CT molecular complexity index is 616. The molecule has 0 fully saturated rings. The van der Waals surface area contributed by atoms with Crippen LogP contribution in [0.15, 0.2) is 46.9 Å². The molecule has 0 aromatic heterocycles. The SMILES string of the molecule is NC(=O)c1cccc(NCc2cc(Br)ccc2Cl)c1. The Morgan fingerprint density at radius 1 is 1.26 bits per heavy atom. The standard InChI is InChI=1S/C14H12BrClN2O/c15-11-4-5-13(16)10(6-11)8-18-12-3-1-2-9(7-12)14(17)19/h1-7,18H,8H2,(H2,17,19). The molecule has 3 nitrogen and oxygen atoms in total. The van der Waals surface area contributed by atoms with Gasteiger partial charge < -0.3 is 11.1 Å². The first-order valence-corrected chi connectivity index (χ1v) is 6.81. The number of nitrogens with one attached hydrogen (secondary N) is 1. The highest BCUT2D eigenvalue weighted by Crippen LogP contribution is 2.22. The van der Waals surface area contributed by atoms with Crippen LogP contribution in [0.4, 0.5) is 5.69 Å². The number of carbonyl (C=O) groups is 1. The van der Waals surface area contributed by atoms with E-state index in [1.807, 2.05) is 24.3 Å². The highest BCUT2D eigenvalue weighted by Gasteiger charge is 2.03. The van der Waals surface area contributed by atoms with Gasteiger partial charge in [-0.25, -0.2) is 0 Å². The molecular formula is C14H12BrClN2O. The Morgan fingerprint density at radius 3 is 2.79 bits per heavy atom. The fourth-order valence-corrected chi connectivity index (χ4v) is 2.25. The molecule has 3 N–H and O–H groups in total. The summed E-state index contributed by atoms with van der Waals surface area (Å²) in [5.41, 5.74) is 7.52. The van der Waals surface area contributed by atoms with Crippen LogP contribution in [0.2, 0.25) is 5.02 Å². The molecule has 1 amide bonds. The molecule has 0 aliphatic carbocycles. The first kappa shape index (κ1) is 13.9. The summed E-state index contributed by atoms with van der Waals surface area (Å²) in [5, 5.41) is 3.91. The lowest BCUT2D eigenvalue weighted by atomic mass is 10.1. The van der Waals surface area contributed by atoms with Crippen LogP contribution < -0.4 is 11.1 Å². The summed E-state index contributed by atoms with van der Waals surface area (Å²) >= 11 is 9.51. The molecule has 0 saturated carbocycles. The average molecular weight is 340 g/mol. The largest absolute Gasteiger partial charge is 0.381 e. The summed E-state index contributed by atoms with van der Waals surface area (Å²) in [6.07, 6.45) is 0. The van der Waals surface area contributed by atoms with E-state index in [0.29, 0.717) is 17.1 Å². The summed E-state index contributed by atoms with van der Waals surface area (Å²) in [6.45, 7) is 0.570. The summed E-state index contributed by atoms with van der Waals surface area (Å²) in [4.78, 5) is 11.1. The van der Waals surface area contributed by atoms with Crippen molar-refractivity contribution in [2.45, 2.75) is 6.54 Å². The number of primary amides is 1. The highest BCUT2D eigenvalue weighted by atomic mass is 79.9. The molecule has 2 aromatic carbocycles. The molecule has 2 aromatic rings. The molecule has 0 aliphatic rings. The third-order valence-corrected chi connectivity index (χ3v) is 3.50. The van der Waals surface area contributed by atoms with Gasteiger partial charge >= 0.3 is 0 Å².